The number of esters is 1. The number of halogens is 1. The molecule has 1 amide bonds. The molecule has 0 aliphatic heterocycles. The molecule has 1 aromatic carbocycles. The SMILES string of the molecule is Cn1cc(-c2nc(C(=O)OCC(=O)Nc3ccc(F)cc3)cs2)cn1. The van der Waals surface area contributed by atoms with Crippen LogP contribution in [0.1, 0.15) is 10.5 Å². The molecule has 1 N–H and O–H groups in total. The highest BCUT2D eigenvalue weighted by Gasteiger charge is 2.15. The van der Waals surface area contributed by atoms with Gasteiger partial charge >= 0.3 is 5.97 Å². The van der Waals surface area contributed by atoms with E-state index < -0.39 is 24.3 Å². The monoisotopic (exact) mass is 360 g/mol. The number of nitrogens with one attached hydrogen (secondary N) is 1. The lowest BCUT2D eigenvalue weighted by Gasteiger charge is -2.05. The number of hydrogen-bond donors (Lipinski definition) is 1. The van der Waals surface area contributed by atoms with Gasteiger partial charge in [-0.25, -0.2) is 14.2 Å². The summed E-state index contributed by atoms with van der Waals surface area (Å²) in [5, 5.41) is 8.73. The first-order chi connectivity index (χ1) is 12.0. The number of carbonyl (C=O) groups is 2. The van der Waals surface area contributed by atoms with Gasteiger partial charge in [0.1, 0.15) is 10.8 Å². The Kier molecular flexibility index (Phi) is 4.85. The molecule has 3 aromatic rings. The molecule has 0 unspecified atom stereocenters. The van der Waals surface area contributed by atoms with Gasteiger partial charge in [0.15, 0.2) is 12.3 Å². The van der Waals surface area contributed by atoms with Crippen molar-refractivity contribution in [3.63, 3.8) is 0 Å². The minimum atomic E-state index is -0.694. The summed E-state index contributed by atoms with van der Waals surface area (Å²) in [5.74, 6) is -1.62. The first kappa shape index (κ1) is 16.8. The van der Waals surface area contributed by atoms with E-state index in [1.165, 1.54) is 35.6 Å². The van der Waals surface area contributed by atoms with Crippen molar-refractivity contribution >= 4 is 28.9 Å². The molecular formula is C16H13FN4O3S. The summed E-state index contributed by atoms with van der Waals surface area (Å²) in [6.45, 7) is -0.462. The van der Waals surface area contributed by atoms with Crippen LogP contribution in [0.4, 0.5) is 10.1 Å². The van der Waals surface area contributed by atoms with Crippen LogP contribution in [-0.2, 0) is 16.6 Å². The highest BCUT2D eigenvalue weighted by molar-refractivity contribution is 7.13. The smallest absolute Gasteiger partial charge is 0.358 e. The van der Waals surface area contributed by atoms with Crippen molar-refractivity contribution in [2.24, 2.45) is 7.05 Å². The fourth-order valence-electron chi connectivity index (χ4n) is 1.97. The Hall–Kier alpha value is -3.07. The third kappa shape index (κ3) is 4.27. The standard InChI is InChI=1S/C16H13FN4O3S/c1-21-7-10(6-18-21)15-20-13(9-25-15)16(23)24-8-14(22)19-12-4-2-11(17)3-5-12/h2-7,9H,8H2,1H3,(H,19,22). The van der Waals surface area contributed by atoms with Crippen molar-refractivity contribution < 1.29 is 18.7 Å². The van der Waals surface area contributed by atoms with Gasteiger partial charge in [0.25, 0.3) is 5.91 Å². The van der Waals surface area contributed by atoms with Gasteiger partial charge in [-0.1, -0.05) is 0 Å². The molecule has 7 nitrogen and oxygen atoms in total. The number of rotatable bonds is 5. The number of amides is 1. The highest BCUT2D eigenvalue weighted by atomic mass is 32.1. The normalized spacial score (nSPS) is 10.5. The summed E-state index contributed by atoms with van der Waals surface area (Å²) in [6.07, 6.45) is 3.42. The fourth-order valence-corrected chi connectivity index (χ4v) is 2.73. The maximum Gasteiger partial charge on any atom is 0.358 e. The topological polar surface area (TPSA) is 86.1 Å². The van der Waals surface area contributed by atoms with E-state index in [0.29, 0.717) is 10.7 Å². The molecule has 128 valence electrons. The molecule has 0 aliphatic rings. The predicted molar refractivity (Wildman–Crippen MR) is 89.6 cm³/mol. The van der Waals surface area contributed by atoms with E-state index in [-0.39, 0.29) is 5.69 Å². The Morgan fingerprint density at radius 2 is 2.08 bits per heavy atom. The minimum absolute atomic E-state index is 0.124. The number of benzene rings is 1. The Labute approximate surface area is 146 Å². The van der Waals surface area contributed by atoms with Crippen molar-refractivity contribution in [2.75, 3.05) is 11.9 Å². The molecule has 0 aliphatic carbocycles. The van der Waals surface area contributed by atoms with Crippen molar-refractivity contribution in [2.45, 2.75) is 0 Å². The summed E-state index contributed by atoms with van der Waals surface area (Å²) in [5.41, 5.74) is 1.33. The lowest BCUT2D eigenvalue weighted by Crippen LogP contribution is -2.21. The molecule has 0 saturated carbocycles. The van der Waals surface area contributed by atoms with E-state index in [2.05, 4.69) is 15.4 Å². The molecule has 0 saturated heterocycles. The average Bonchev–Trinajstić information content (AvgIpc) is 3.23. The molecule has 0 radical (unpaired) electrons. The number of thiazole rings is 1. The predicted octanol–water partition coefficient (Wildman–Crippen LogP) is 2.48. The van der Waals surface area contributed by atoms with Crippen LogP contribution in [-0.4, -0.2) is 33.2 Å². The zero-order valence-corrected chi connectivity index (χ0v) is 13.9. The second kappa shape index (κ2) is 7.22. The number of carbonyl (C=O) groups excluding carboxylic acids is 2. The number of anilines is 1. The van der Waals surface area contributed by atoms with Crippen molar-refractivity contribution in [1.29, 1.82) is 0 Å². The van der Waals surface area contributed by atoms with Crippen LogP contribution in [0.2, 0.25) is 0 Å². The van der Waals surface area contributed by atoms with Gasteiger partial charge in [0.2, 0.25) is 0 Å². The van der Waals surface area contributed by atoms with E-state index in [1.807, 2.05) is 0 Å². The fraction of sp³-hybridized carbons (Fsp3) is 0.125. The number of aromatic nitrogens is 3. The van der Waals surface area contributed by atoms with Crippen LogP contribution in [0.5, 0.6) is 0 Å². The second-order valence-corrected chi connectivity index (χ2v) is 5.93. The van der Waals surface area contributed by atoms with Crippen LogP contribution in [0, 0.1) is 5.82 Å². The van der Waals surface area contributed by atoms with Gasteiger partial charge in [-0.3, -0.25) is 9.48 Å². The van der Waals surface area contributed by atoms with Gasteiger partial charge in [-0.2, -0.15) is 5.10 Å². The summed E-state index contributed by atoms with van der Waals surface area (Å²) in [7, 11) is 1.78. The van der Waals surface area contributed by atoms with E-state index in [4.69, 9.17) is 4.74 Å². The van der Waals surface area contributed by atoms with Gasteiger partial charge in [0.05, 0.1) is 6.20 Å². The molecule has 9 heteroatoms. The molecule has 2 aromatic heterocycles. The third-order valence-corrected chi connectivity index (χ3v) is 4.02. The molecule has 25 heavy (non-hydrogen) atoms. The van der Waals surface area contributed by atoms with Crippen LogP contribution >= 0.6 is 11.3 Å². The van der Waals surface area contributed by atoms with Crippen LogP contribution in [0.3, 0.4) is 0 Å². The number of nitrogens with zero attached hydrogens (tertiary/aromatic N) is 3. The first-order valence-electron chi connectivity index (χ1n) is 7.18. The lowest BCUT2D eigenvalue weighted by atomic mass is 10.3. The highest BCUT2D eigenvalue weighted by Crippen LogP contribution is 2.23. The largest absolute Gasteiger partial charge is 0.451 e. The maximum atomic E-state index is 12.8. The minimum Gasteiger partial charge on any atom is -0.451 e. The van der Waals surface area contributed by atoms with E-state index in [0.717, 1.165) is 5.56 Å². The molecular weight excluding hydrogens is 347 g/mol. The van der Waals surface area contributed by atoms with Crippen molar-refractivity contribution in [1.82, 2.24) is 14.8 Å². The number of aryl methyl sites for hydroxylation is 1. The zero-order chi connectivity index (χ0) is 17.8. The number of ether oxygens (including phenoxy) is 1. The molecule has 3 rings (SSSR count). The molecule has 0 spiro atoms. The number of hydrogen-bond acceptors (Lipinski definition) is 6. The second-order valence-electron chi connectivity index (χ2n) is 5.07. The maximum absolute atomic E-state index is 12.8. The summed E-state index contributed by atoms with van der Waals surface area (Å²) in [6, 6.07) is 5.26. The van der Waals surface area contributed by atoms with Crippen molar-refractivity contribution in [3.8, 4) is 10.6 Å². The summed E-state index contributed by atoms with van der Waals surface area (Å²) in [4.78, 5) is 27.9. The van der Waals surface area contributed by atoms with Crippen LogP contribution in [0.25, 0.3) is 10.6 Å². The third-order valence-electron chi connectivity index (χ3n) is 3.13. The molecule has 2 heterocycles. The van der Waals surface area contributed by atoms with Gasteiger partial charge < -0.3 is 10.1 Å². The van der Waals surface area contributed by atoms with Gasteiger partial charge in [0, 0.05) is 29.9 Å². The van der Waals surface area contributed by atoms with E-state index >= 15 is 0 Å². The first-order valence-corrected chi connectivity index (χ1v) is 8.06. The van der Waals surface area contributed by atoms with Gasteiger partial charge in [-0.05, 0) is 24.3 Å². The lowest BCUT2D eigenvalue weighted by molar-refractivity contribution is -0.119. The van der Waals surface area contributed by atoms with Crippen LogP contribution < -0.4 is 5.32 Å². The Morgan fingerprint density at radius 3 is 2.76 bits per heavy atom. The quantitative estimate of drug-likeness (QED) is 0.707. The van der Waals surface area contributed by atoms with Crippen molar-refractivity contribution in [3.05, 3.63) is 53.6 Å². The Morgan fingerprint density at radius 1 is 1.32 bits per heavy atom. The molecule has 0 atom stereocenters. The average molecular weight is 360 g/mol. The Bertz CT molecular complexity index is 904. The molecule has 0 bridgehead atoms. The summed E-state index contributed by atoms with van der Waals surface area (Å²) >= 11 is 1.28. The van der Waals surface area contributed by atoms with E-state index in [1.54, 1.807) is 29.5 Å². The molecule has 0 fully saturated rings. The zero-order valence-electron chi connectivity index (χ0n) is 13.1. The summed E-state index contributed by atoms with van der Waals surface area (Å²) < 4.78 is 19.4. The van der Waals surface area contributed by atoms with Crippen LogP contribution in [0.15, 0.2) is 42.0 Å². The van der Waals surface area contributed by atoms with E-state index in [9.17, 15) is 14.0 Å². The Balaban J connectivity index is 1.54. The van der Waals surface area contributed by atoms with Gasteiger partial charge in [-0.15, -0.1) is 11.3 Å².